The Morgan fingerprint density at radius 2 is 1.61 bits per heavy atom. The summed E-state index contributed by atoms with van der Waals surface area (Å²) in [4.78, 5) is 35.9. The van der Waals surface area contributed by atoms with Crippen molar-refractivity contribution in [3.63, 3.8) is 0 Å². The number of rotatable bonds is 8. The molecule has 4 aromatic rings. The Balaban J connectivity index is 1.29. The van der Waals surface area contributed by atoms with E-state index in [1.54, 1.807) is 6.07 Å². The number of amides is 1. The maximum atomic E-state index is 13.2. The number of nitro groups is 1. The third-order valence-corrected chi connectivity index (χ3v) is 6.20. The molecule has 0 bridgehead atoms. The Hall–Kier alpha value is -5.05. The number of nitro benzene ring substituents is 1. The van der Waals surface area contributed by atoms with Crippen molar-refractivity contribution < 1.29 is 24.0 Å². The van der Waals surface area contributed by atoms with E-state index in [0.717, 1.165) is 27.6 Å². The number of hydrazone groups is 1. The summed E-state index contributed by atoms with van der Waals surface area (Å²) in [6.07, 6.45) is 0.503. The van der Waals surface area contributed by atoms with Gasteiger partial charge in [0.2, 0.25) is 0 Å². The molecular weight excluding hydrogens is 486 g/mol. The van der Waals surface area contributed by atoms with Gasteiger partial charge in [-0.05, 0) is 34.0 Å². The third kappa shape index (κ3) is 5.36. The maximum absolute atomic E-state index is 13.2. The maximum Gasteiger partial charge on any atom is 0.344 e. The summed E-state index contributed by atoms with van der Waals surface area (Å²) in [6.45, 7) is -1.12. The number of benzene rings is 4. The highest BCUT2D eigenvalue weighted by atomic mass is 16.6. The largest absolute Gasteiger partial charge is 0.475 e. The molecule has 0 N–H and O–H groups in total. The smallest absolute Gasteiger partial charge is 0.344 e. The molecule has 1 atom stereocenters. The average molecular weight is 510 g/mol. The quantitative estimate of drug-likeness (QED) is 0.187. The standard InChI is InChI=1S/C29H23N3O6/c33-28(18-38-29(34)19-37-27-13-7-6-12-25(27)32(35)36)31-26(21-9-2-1-3-10-21)17-24(30-31)23-15-14-20-8-4-5-11-22(20)16-23/h1-16,26H,17-19H2. The molecule has 38 heavy (non-hydrogen) atoms. The van der Waals surface area contributed by atoms with Crippen LogP contribution in [0.25, 0.3) is 10.8 Å². The molecule has 1 aliphatic heterocycles. The number of carbonyl (C=O) groups excluding carboxylic acids is 2. The van der Waals surface area contributed by atoms with E-state index in [1.165, 1.54) is 23.2 Å². The minimum atomic E-state index is -0.828. The Kier molecular flexibility index (Phi) is 7.08. The number of fused-ring (bicyclic) bond motifs is 1. The van der Waals surface area contributed by atoms with E-state index in [4.69, 9.17) is 9.47 Å². The fourth-order valence-electron chi connectivity index (χ4n) is 4.34. The lowest BCUT2D eigenvalue weighted by atomic mass is 9.97. The summed E-state index contributed by atoms with van der Waals surface area (Å²) in [6, 6.07) is 29.0. The van der Waals surface area contributed by atoms with Crippen molar-refractivity contribution in [3.8, 4) is 5.75 Å². The van der Waals surface area contributed by atoms with Crippen molar-refractivity contribution in [2.75, 3.05) is 13.2 Å². The highest BCUT2D eigenvalue weighted by Gasteiger charge is 2.33. The van der Waals surface area contributed by atoms with Gasteiger partial charge in [-0.15, -0.1) is 0 Å². The van der Waals surface area contributed by atoms with E-state index >= 15 is 0 Å². The van der Waals surface area contributed by atoms with Crippen molar-refractivity contribution in [1.29, 1.82) is 0 Å². The molecule has 1 unspecified atom stereocenters. The topological polar surface area (TPSA) is 111 Å². The summed E-state index contributed by atoms with van der Waals surface area (Å²) in [7, 11) is 0. The van der Waals surface area contributed by atoms with E-state index in [-0.39, 0.29) is 17.5 Å². The first-order chi connectivity index (χ1) is 18.5. The average Bonchev–Trinajstić information content (AvgIpc) is 3.41. The van der Waals surface area contributed by atoms with Crippen LogP contribution in [0.2, 0.25) is 0 Å². The van der Waals surface area contributed by atoms with Gasteiger partial charge in [0.15, 0.2) is 19.0 Å². The zero-order chi connectivity index (χ0) is 26.5. The SMILES string of the molecule is O=C(COc1ccccc1[N+](=O)[O-])OCC(=O)N1N=C(c2ccc3ccccc3c2)CC1c1ccccc1. The van der Waals surface area contributed by atoms with Crippen LogP contribution in [0.5, 0.6) is 5.75 Å². The van der Waals surface area contributed by atoms with Crippen LogP contribution in [0.4, 0.5) is 5.69 Å². The van der Waals surface area contributed by atoms with E-state index in [9.17, 15) is 19.7 Å². The first-order valence-corrected chi connectivity index (χ1v) is 11.9. The second kappa shape index (κ2) is 10.9. The monoisotopic (exact) mass is 509 g/mol. The predicted molar refractivity (Wildman–Crippen MR) is 141 cm³/mol. The van der Waals surface area contributed by atoms with Crippen molar-refractivity contribution >= 4 is 34.0 Å². The van der Waals surface area contributed by atoms with E-state index in [2.05, 4.69) is 5.10 Å². The van der Waals surface area contributed by atoms with Crippen molar-refractivity contribution in [2.45, 2.75) is 12.5 Å². The molecule has 0 fully saturated rings. The molecule has 1 heterocycles. The van der Waals surface area contributed by atoms with Gasteiger partial charge >= 0.3 is 11.7 Å². The number of hydrogen-bond acceptors (Lipinski definition) is 7. The number of hydrogen-bond donors (Lipinski definition) is 0. The number of esters is 1. The van der Waals surface area contributed by atoms with Crippen molar-refractivity contribution in [3.05, 3.63) is 118 Å². The molecule has 9 nitrogen and oxygen atoms in total. The van der Waals surface area contributed by atoms with Gasteiger partial charge in [-0.2, -0.15) is 5.10 Å². The molecule has 190 valence electrons. The first-order valence-electron chi connectivity index (χ1n) is 11.9. The molecule has 9 heteroatoms. The van der Waals surface area contributed by atoms with Crippen molar-refractivity contribution in [2.24, 2.45) is 5.10 Å². The van der Waals surface area contributed by atoms with Crippen LogP contribution in [-0.4, -0.2) is 40.7 Å². The molecule has 0 saturated carbocycles. The number of nitrogens with zero attached hydrogens (tertiary/aromatic N) is 3. The van der Waals surface area contributed by atoms with Crippen LogP contribution in [-0.2, 0) is 14.3 Å². The number of ether oxygens (including phenoxy) is 2. The molecule has 0 aliphatic carbocycles. The number of para-hydroxylation sites is 2. The van der Waals surface area contributed by atoms with Gasteiger partial charge in [0.05, 0.1) is 16.7 Å². The minimum Gasteiger partial charge on any atom is -0.475 e. The highest BCUT2D eigenvalue weighted by Crippen LogP contribution is 2.33. The second-order valence-electron chi connectivity index (χ2n) is 8.65. The molecule has 1 aliphatic rings. The van der Waals surface area contributed by atoms with E-state index in [1.807, 2.05) is 72.8 Å². The molecule has 0 spiro atoms. The summed E-state index contributed by atoms with van der Waals surface area (Å²) in [5.74, 6) is -1.38. The Morgan fingerprint density at radius 3 is 2.39 bits per heavy atom. The summed E-state index contributed by atoms with van der Waals surface area (Å²) >= 11 is 0. The predicted octanol–water partition coefficient (Wildman–Crippen LogP) is 5.05. The van der Waals surface area contributed by atoms with Gasteiger partial charge in [0.1, 0.15) is 0 Å². The molecular formula is C29H23N3O6. The van der Waals surface area contributed by atoms with Gasteiger partial charge < -0.3 is 9.47 Å². The molecule has 0 saturated heterocycles. The van der Waals surface area contributed by atoms with E-state index < -0.39 is 30.0 Å². The fraction of sp³-hybridized carbons (Fsp3) is 0.138. The van der Waals surface area contributed by atoms with Gasteiger partial charge in [-0.1, -0.05) is 78.9 Å². The summed E-state index contributed by atoms with van der Waals surface area (Å²) in [5.41, 5.74) is 2.31. The normalized spacial score (nSPS) is 14.7. The zero-order valence-electron chi connectivity index (χ0n) is 20.2. The molecule has 4 aromatic carbocycles. The zero-order valence-corrected chi connectivity index (χ0v) is 20.2. The first kappa shape index (κ1) is 24.6. The van der Waals surface area contributed by atoms with Crippen LogP contribution >= 0.6 is 0 Å². The molecule has 5 rings (SSSR count). The lowest BCUT2D eigenvalue weighted by Crippen LogP contribution is -2.32. The molecule has 0 radical (unpaired) electrons. The van der Waals surface area contributed by atoms with Crippen molar-refractivity contribution in [1.82, 2.24) is 5.01 Å². The van der Waals surface area contributed by atoms with Crippen LogP contribution in [0.3, 0.4) is 0 Å². The highest BCUT2D eigenvalue weighted by molar-refractivity contribution is 6.05. The fourth-order valence-corrected chi connectivity index (χ4v) is 4.34. The van der Waals surface area contributed by atoms with Gasteiger partial charge in [0.25, 0.3) is 5.91 Å². The van der Waals surface area contributed by atoms with Crippen LogP contribution in [0.1, 0.15) is 23.6 Å². The second-order valence-corrected chi connectivity index (χ2v) is 8.65. The summed E-state index contributed by atoms with van der Waals surface area (Å²) in [5, 5.41) is 19.3. The van der Waals surface area contributed by atoms with E-state index in [0.29, 0.717) is 6.42 Å². The molecule has 0 aromatic heterocycles. The Bertz CT molecular complexity index is 1540. The van der Waals surface area contributed by atoms with Crippen LogP contribution in [0.15, 0.2) is 102 Å². The lowest BCUT2D eigenvalue weighted by molar-refractivity contribution is -0.385. The number of carbonyl (C=O) groups is 2. The van der Waals surface area contributed by atoms with Crippen LogP contribution in [0, 0.1) is 10.1 Å². The third-order valence-electron chi connectivity index (χ3n) is 6.20. The van der Waals surface area contributed by atoms with Gasteiger partial charge in [-0.3, -0.25) is 14.9 Å². The van der Waals surface area contributed by atoms with Crippen LogP contribution < -0.4 is 4.74 Å². The van der Waals surface area contributed by atoms with Gasteiger partial charge in [0, 0.05) is 12.5 Å². The van der Waals surface area contributed by atoms with Gasteiger partial charge in [-0.25, -0.2) is 9.80 Å². The molecule has 1 amide bonds. The Morgan fingerprint density at radius 1 is 0.895 bits per heavy atom. The lowest BCUT2D eigenvalue weighted by Gasteiger charge is -2.21. The summed E-state index contributed by atoms with van der Waals surface area (Å²) < 4.78 is 10.4. The Labute approximate surface area is 218 Å². The minimum absolute atomic E-state index is 0.0610.